The lowest BCUT2D eigenvalue weighted by molar-refractivity contribution is -0.139. The van der Waals surface area contributed by atoms with Crippen molar-refractivity contribution in [3.63, 3.8) is 0 Å². The third-order valence-corrected chi connectivity index (χ3v) is 8.58. The van der Waals surface area contributed by atoms with Gasteiger partial charge in [-0.2, -0.15) is 0 Å². The minimum atomic E-state index is -4.30. The van der Waals surface area contributed by atoms with Crippen molar-refractivity contribution in [1.29, 1.82) is 0 Å². The first-order valence-corrected chi connectivity index (χ1v) is 15.9. The average molecular weight is 626 g/mol. The molecule has 0 aliphatic rings. The van der Waals surface area contributed by atoms with Crippen LogP contribution in [0.1, 0.15) is 40.2 Å². The number of hydrogen-bond acceptors (Lipinski definition) is 7. The number of rotatable bonds is 14. The van der Waals surface area contributed by atoms with Crippen molar-refractivity contribution in [2.75, 3.05) is 38.2 Å². The second kappa shape index (κ2) is 15.0. The maximum atomic E-state index is 14.2. The maximum Gasteiger partial charge on any atom is 0.264 e. The van der Waals surface area contributed by atoms with E-state index in [1.807, 2.05) is 58.0 Å². The van der Waals surface area contributed by atoms with Crippen LogP contribution in [0.4, 0.5) is 5.69 Å². The molecule has 1 N–H and O–H groups in total. The van der Waals surface area contributed by atoms with Crippen LogP contribution in [-0.4, -0.2) is 70.6 Å². The van der Waals surface area contributed by atoms with Crippen LogP contribution < -0.4 is 23.8 Å². The Hall–Kier alpha value is -4.25. The lowest BCUT2D eigenvalue weighted by Crippen LogP contribution is -2.55. The van der Waals surface area contributed by atoms with Gasteiger partial charge in [0.1, 0.15) is 18.3 Å². The topological polar surface area (TPSA) is 114 Å². The fourth-order valence-corrected chi connectivity index (χ4v) is 5.98. The van der Waals surface area contributed by atoms with Crippen LogP contribution in [0, 0.1) is 0 Å². The molecule has 3 rings (SSSR count). The Morgan fingerprint density at radius 3 is 2.11 bits per heavy atom. The third-order valence-electron chi connectivity index (χ3n) is 6.81. The SMILES string of the molecule is CCOc1ccc(N(CC(=O)N(CCc2ccccc2)C(C)C(=O)NC(C)(C)C)S(=O)(=O)c2ccc(OC)c(OC)c2)cc1. The molecule has 238 valence electrons. The lowest BCUT2D eigenvalue weighted by Gasteiger charge is -2.33. The average Bonchev–Trinajstić information content (AvgIpc) is 2.99. The highest BCUT2D eigenvalue weighted by Crippen LogP contribution is 2.33. The molecule has 0 spiro atoms. The minimum absolute atomic E-state index is 0.0915. The van der Waals surface area contributed by atoms with E-state index in [0.29, 0.717) is 24.5 Å². The highest BCUT2D eigenvalue weighted by atomic mass is 32.2. The Labute approximate surface area is 261 Å². The molecule has 2 amide bonds. The van der Waals surface area contributed by atoms with Crippen molar-refractivity contribution in [2.24, 2.45) is 0 Å². The molecule has 3 aromatic carbocycles. The highest BCUT2D eigenvalue weighted by Gasteiger charge is 2.33. The van der Waals surface area contributed by atoms with Crippen molar-refractivity contribution >= 4 is 27.5 Å². The zero-order chi connectivity index (χ0) is 32.5. The zero-order valence-electron chi connectivity index (χ0n) is 26.5. The molecule has 0 aliphatic heterocycles. The summed E-state index contributed by atoms with van der Waals surface area (Å²) in [4.78, 5) is 28.7. The quantitative estimate of drug-likeness (QED) is 0.277. The number of carbonyl (C=O) groups excluding carboxylic acids is 2. The van der Waals surface area contributed by atoms with Gasteiger partial charge < -0.3 is 24.4 Å². The number of hydrogen-bond donors (Lipinski definition) is 1. The van der Waals surface area contributed by atoms with Gasteiger partial charge >= 0.3 is 0 Å². The number of nitrogens with one attached hydrogen (secondary N) is 1. The van der Waals surface area contributed by atoms with Crippen molar-refractivity contribution in [2.45, 2.75) is 57.5 Å². The van der Waals surface area contributed by atoms with E-state index < -0.39 is 34.1 Å². The number of benzene rings is 3. The molecule has 10 nitrogen and oxygen atoms in total. The minimum Gasteiger partial charge on any atom is -0.494 e. The van der Waals surface area contributed by atoms with Gasteiger partial charge in [0.25, 0.3) is 10.0 Å². The van der Waals surface area contributed by atoms with E-state index in [1.165, 1.54) is 37.3 Å². The molecule has 0 bridgehead atoms. The first kappa shape index (κ1) is 34.2. The number of amides is 2. The van der Waals surface area contributed by atoms with E-state index >= 15 is 0 Å². The molecular formula is C33H43N3O7S. The van der Waals surface area contributed by atoms with E-state index in [-0.39, 0.29) is 28.8 Å². The lowest BCUT2D eigenvalue weighted by atomic mass is 10.1. The summed E-state index contributed by atoms with van der Waals surface area (Å²) >= 11 is 0. The smallest absolute Gasteiger partial charge is 0.264 e. The van der Waals surface area contributed by atoms with Crippen molar-refractivity contribution in [1.82, 2.24) is 10.2 Å². The van der Waals surface area contributed by atoms with E-state index in [0.717, 1.165) is 9.87 Å². The summed E-state index contributed by atoms with van der Waals surface area (Å²) in [5.41, 5.74) is 0.714. The Kier molecular flexibility index (Phi) is 11.6. The molecule has 0 radical (unpaired) electrons. The van der Waals surface area contributed by atoms with Gasteiger partial charge in [0.05, 0.1) is 31.4 Å². The number of sulfonamides is 1. The van der Waals surface area contributed by atoms with Crippen molar-refractivity contribution in [3.05, 3.63) is 78.4 Å². The Morgan fingerprint density at radius 1 is 0.909 bits per heavy atom. The molecule has 1 unspecified atom stereocenters. The summed E-state index contributed by atoms with van der Waals surface area (Å²) in [7, 11) is -1.43. The van der Waals surface area contributed by atoms with Crippen molar-refractivity contribution < 1.29 is 32.2 Å². The van der Waals surface area contributed by atoms with E-state index in [2.05, 4.69) is 5.32 Å². The van der Waals surface area contributed by atoms with Gasteiger partial charge in [-0.25, -0.2) is 8.42 Å². The Balaban J connectivity index is 2.04. The summed E-state index contributed by atoms with van der Waals surface area (Å²) in [5, 5.41) is 2.93. The summed E-state index contributed by atoms with van der Waals surface area (Å²) in [6.07, 6.45) is 0.477. The molecule has 0 heterocycles. The van der Waals surface area contributed by atoms with Crippen LogP contribution in [0.15, 0.2) is 77.7 Å². The van der Waals surface area contributed by atoms with Crippen LogP contribution in [0.3, 0.4) is 0 Å². The normalized spacial score (nSPS) is 12.2. The van der Waals surface area contributed by atoms with E-state index in [1.54, 1.807) is 31.2 Å². The Morgan fingerprint density at radius 2 is 1.55 bits per heavy atom. The van der Waals surface area contributed by atoms with Crippen LogP contribution in [0.5, 0.6) is 17.2 Å². The van der Waals surface area contributed by atoms with Crippen LogP contribution in [0.25, 0.3) is 0 Å². The number of methoxy groups -OCH3 is 2. The second-order valence-corrected chi connectivity index (χ2v) is 13.1. The summed E-state index contributed by atoms with van der Waals surface area (Å²) in [5.74, 6) is 0.275. The number of ether oxygens (including phenoxy) is 3. The summed E-state index contributed by atoms with van der Waals surface area (Å²) in [6.45, 7) is 9.17. The number of carbonyl (C=O) groups is 2. The highest BCUT2D eigenvalue weighted by molar-refractivity contribution is 7.92. The van der Waals surface area contributed by atoms with Gasteiger partial charge in [0.15, 0.2) is 11.5 Å². The van der Waals surface area contributed by atoms with Crippen LogP contribution in [-0.2, 0) is 26.0 Å². The second-order valence-electron chi connectivity index (χ2n) is 11.2. The third kappa shape index (κ3) is 8.89. The van der Waals surface area contributed by atoms with Gasteiger partial charge in [0, 0.05) is 18.2 Å². The fraction of sp³-hybridized carbons (Fsp3) is 0.394. The molecule has 44 heavy (non-hydrogen) atoms. The van der Waals surface area contributed by atoms with E-state index in [4.69, 9.17) is 14.2 Å². The van der Waals surface area contributed by atoms with Gasteiger partial charge in [0.2, 0.25) is 11.8 Å². The molecule has 3 aromatic rings. The first-order valence-electron chi connectivity index (χ1n) is 14.4. The van der Waals surface area contributed by atoms with Crippen LogP contribution >= 0.6 is 0 Å². The van der Waals surface area contributed by atoms with Crippen molar-refractivity contribution in [3.8, 4) is 17.2 Å². The molecular weight excluding hydrogens is 582 g/mol. The fourth-order valence-electron chi connectivity index (χ4n) is 4.55. The molecule has 1 atom stereocenters. The van der Waals surface area contributed by atoms with Gasteiger partial charge in [-0.1, -0.05) is 30.3 Å². The number of nitrogens with zero attached hydrogens (tertiary/aromatic N) is 2. The summed E-state index contributed by atoms with van der Waals surface area (Å²) < 4.78 is 45.6. The zero-order valence-corrected chi connectivity index (χ0v) is 27.3. The van der Waals surface area contributed by atoms with Gasteiger partial charge in [-0.15, -0.1) is 0 Å². The maximum absolute atomic E-state index is 14.2. The molecule has 0 fully saturated rings. The van der Waals surface area contributed by atoms with E-state index in [9.17, 15) is 18.0 Å². The standard InChI is InChI=1S/C33H43N3O7S/c1-8-43-27-16-14-26(15-17-27)36(44(39,40)28-18-19-29(41-6)30(22-28)42-7)23-31(37)35(21-20-25-12-10-9-11-13-25)24(2)32(38)34-33(3,4)5/h9-19,22,24H,8,20-21,23H2,1-7H3,(H,34,38). The molecule has 0 aliphatic carbocycles. The molecule has 11 heteroatoms. The largest absolute Gasteiger partial charge is 0.494 e. The predicted octanol–water partition coefficient (Wildman–Crippen LogP) is 4.67. The number of anilines is 1. The van der Waals surface area contributed by atoms with Crippen LogP contribution in [0.2, 0.25) is 0 Å². The predicted molar refractivity (Wildman–Crippen MR) is 171 cm³/mol. The van der Waals surface area contributed by atoms with Gasteiger partial charge in [-0.05, 0) is 83.0 Å². The monoisotopic (exact) mass is 625 g/mol. The first-order chi connectivity index (χ1) is 20.8. The van der Waals surface area contributed by atoms with Gasteiger partial charge in [-0.3, -0.25) is 13.9 Å². The Bertz CT molecular complexity index is 1500. The molecule has 0 aromatic heterocycles. The molecule has 0 saturated carbocycles. The molecule has 0 saturated heterocycles. The summed E-state index contributed by atoms with van der Waals surface area (Å²) in [6, 6.07) is 19.4.